The predicted octanol–water partition coefficient (Wildman–Crippen LogP) is 2.92. The van der Waals surface area contributed by atoms with Gasteiger partial charge in [0.2, 0.25) is 0 Å². The van der Waals surface area contributed by atoms with Gasteiger partial charge in [0, 0.05) is 42.2 Å². The van der Waals surface area contributed by atoms with E-state index in [2.05, 4.69) is 24.3 Å². The van der Waals surface area contributed by atoms with Gasteiger partial charge < -0.3 is 5.32 Å². The van der Waals surface area contributed by atoms with Gasteiger partial charge in [0.1, 0.15) is 5.01 Å². The monoisotopic (exact) mass is 276 g/mol. The molecule has 0 spiro atoms. The first kappa shape index (κ1) is 12.8. The molecular formula is C14H20N4S. The zero-order valence-electron chi connectivity index (χ0n) is 11.7. The quantitative estimate of drug-likeness (QED) is 0.913. The van der Waals surface area contributed by atoms with Crippen LogP contribution in [0.5, 0.6) is 0 Å². The maximum absolute atomic E-state index is 4.86. The molecule has 0 aliphatic heterocycles. The highest BCUT2D eigenvalue weighted by atomic mass is 32.1. The summed E-state index contributed by atoms with van der Waals surface area (Å²) in [7, 11) is 1.94. The third-order valence-corrected chi connectivity index (χ3v) is 4.43. The fourth-order valence-electron chi connectivity index (χ4n) is 2.12. The van der Waals surface area contributed by atoms with Crippen LogP contribution < -0.4 is 5.32 Å². The standard InChI is InChI=1S/C14H20N4S/c1-9(2)15-7-12-13(10-4-5-10)17-14(19-12)11-6-16-18(3)8-11/h6,8-10,15H,4-5,7H2,1-3H3. The molecule has 1 aliphatic rings. The summed E-state index contributed by atoms with van der Waals surface area (Å²) in [4.78, 5) is 6.26. The molecule has 0 unspecified atom stereocenters. The van der Waals surface area contributed by atoms with Gasteiger partial charge in [-0.2, -0.15) is 5.10 Å². The Morgan fingerprint density at radius 2 is 2.26 bits per heavy atom. The Morgan fingerprint density at radius 3 is 2.84 bits per heavy atom. The van der Waals surface area contributed by atoms with Gasteiger partial charge in [0.05, 0.1) is 11.9 Å². The molecule has 1 aliphatic carbocycles. The molecule has 0 radical (unpaired) electrons. The summed E-state index contributed by atoms with van der Waals surface area (Å²) in [5.74, 6) is 0.700. The van der Waals surface area contributed by atoms with Gasteiger partial charge in [-0.25, -0.2) is 4.98 Å². The molecule has 102 valence electrons. The van der Waals surface area contributed by atoms with E-state index < -0.39 is 0 Å². The van der Waals surface area contributed by atoms with Crippen LogP contribution in [-0.2, 0) is 13.6 Å². The van der Waals surface area contributed by atoms with Gasteiger partial charge in [0.15, 0.2) is 0 Å². The predicted molar refractivity (Wildman–Crippen MR) is 78.3 cm³/mol. The van der Waals surface area contributed by atoms with Crippen molar-refractivity contribution in [3.05, 3.63) is 23.0 Å². The lowest BCUT2D eigenvalue weighted by Gasteiger charge is -2.06. The first-order valence-corrected chi connectivity index (χ1v) is 7.67. The zero-order valence-corrected chi connectivity index (χ0v) is 12.5. The van der Waals surface area contributed by atoms with E-state index >= 15 is 0 Å². The molecule has 0 saturated heterocycles. The summed E-state index contributed by atoms with van der Waals surface area (Å²) < 4.78 is 1.83. The lowest BCUT2D eigenvalue weighted by atomic mass is 10.2. The highest BCUT2D eigenvalue weighted by Gasteiger charge is 2.29. The Labute approximate surface area is 117 Å². The largest absolute Gasteiger partial charge is 0.310 e. The van der Waals surface area contributed by atoms with Crippen LogP contribution in [0.3, 0.4) is 0 Å². The molecule has 2 aromatic rings. The van der Waals surface area contributed by atoms with Crippen molar-refractivity contribution < 1.29 is 0 Å². The number of aryl methyl sites for hydroxylation is 1. The molecule has 2 aromatic heterocycles. The molecular weight excluding hydrogens is 256 g/mol. The summed E-state index contributed by atoms with van der Waals surface area (Å²) in [5.41, 5.74) is 2.45. The summed E-state index contributed by atoms with van der Waals surface area (Å²) in [6.07, 6.45) is 6.53. The molecule has 2 heterocycles. The normalized spacial score (nSPS) is 15.4. The summed E-state index contributed by atoms with van der Waals surface area (Å²) >= 11 is 1.81. The molecule has 0 aromatic carbocycles. The minimum atomic E-state index is 0.510. The van der Waals surface area contributed by atoms with E-state index in [4.69, 9.17) is 4.98 Å². The number of thiazole rings is 1. The lowest BCUT2D eigenvalue weighted by Crippen LogP contribution is -2.21. The Bertz CT molecular complexity index is 566. The number of aromatic nitrogens is 3. The number of hydrogen-bond donors (Lipinski definition) is 1. The van der Waals surface area contributed by atoms with Crippen molar-refractivity contribution in [1.29, 1.82) is 0 Å². The summed E-state index contributed by atoms with van der Waals surface area (Å²) in [6.45, 7) is 5.29. The van der Waals surface area contributed by atoms with Crippen LogP contribution in [-0.4, -0.2) is 20.8 Å². The first-order valence-electron chi connectivity index (χ1n) is 6.85. The van der Waals surface area contributed by atoms with Crippen molar-refractivity contribution in [2.24, 2.45) is 7.05 Å². The van der Waals surface area contributed by atoms with Gasteiger partial charge in [-0.1, -0.05) is 13.8 Å². The highest BCUT2D eigenvalue weighted by molar-refractivity contribution is 7.15. The number of hydrogen-bond acceptors (Lipinski definition) is 4. The Hall–Kier alpha value is -1.20. The molecule has 1 fully saturated rings. The second-order valence-electron chi connectivity index (χ2n) is 5.54. The van der Waals surface area contributed by atoms with E-state index in [0.717, 1.165) is 17.1 Å². The molecule has 3 rings (SSSR count). The molecule has 1 N–H and O–H groups in total. The van der Waals surface area contributed by atoms with E-state index in [1.54, 1.807) is 0 Å². The highest BCUT2D eigenvalue weighted by Crippen LogP contribution is 2.44. The van der Waals surface area contributed by atoms with Gasteiger partial charge in [-0.05, 0) is 12.8 Å². The SMILES string of the molecule is CC(C)NCc1sc(-c2cnn(C)c2)nc1C1CC1. The maximum Gasteiger partial charge on any atom is 0.127 e. The molecule has 5 heteroatoms. The van der Waals surface area contributed by atoms with Crippen molar-refractivity contribution >= 4 is 11.3 Å². The van der Waals surface area contributed by atoms with Crippen molar-refractivity contribution in [2.45, 2.75) is 45.2 Å². The molecule has 19 heavy (non-hydrogen) atoms. The summed E-state index contributed by atoms with van der Waals surface area (Å²) in [5, 5.41) is 8.85. The number of nitrogens with one attached hydrogen (secondary N) is 1. The molecule has 0 atom stereocenters. The van der Waals surface area contributed by atoms with Gasteiger partial charge >= 0.3 is 0 Å². The van der Waals surface area contributed by atoms with Crippen LogP contribution >= 0.6 is 11.3 Å². The average Bonchev–Trinajstić information content (AvgIpc) is 2.97. The van der Waals surface area contributed by atoms with Crippen LogP contribution in [0.15, 0.2) is 12.4 Å². The third-order valence-electron chi connectivity index (χ3n) is 3.31. The summed E-state index contributed by atoms with van der Waals surface area (Å²) in [6, 6.07) is 0.510. The topological polar surface area (TPSA) is 42.7 Å². The van der Waals surface area contributed by atoms with Crippen molar-refractivity contribution in [3.8, 4) is 10.6 Å². The molecule has 0 amide bonds. The van der Waals surface area contributed by atoms with E-state index in [-0.39, 0.29) is 0 Å². The van der Waals surface area contributed by atoms with Crippen molar-refractivity contribution in [1.82, 2.24) is 20.1 Å². The van der Waals surface area contributed by atoms with E-state index in [9.17, 15) is 0 Å². The van der Waals surface area contributed by atoms with Crippen LogP contribution in [0.2, 0.25) is 0 Å². The van der Waals surface area contributed by atoms with Gasteiger partial charge in [-0.15, -0.1) is 11.3 Å². The van der Waals surface area contributed by atoms with Crippen LogP contribution in [0, 0.1) is 0 Å². The van der Waals surface area contributed by atoms with Crippen LogP contribution in [0.25, 0.3) is 10.6 Å². The lowest BCUT2D eigenvalue weighted by molar-refractivity contribution is 0.590. The average molecular weight is 276 g/mol. The molecule has 1 saturated carbocycles. The second-order valence-corrected chi connectivity index (χ2v) is 6.62. The van der Waals surface area contributed by atoms with Gasteiger partial charge in [0.25, 0.3) is 0 Å². The smallest absolute Gasteiger partial charge is 0.127 e. The third kappa shape index (κ3) is 2.87. The van der Waals surface area contributed by atoms with E-state index in [1.165, 1.54) is 23.4 Å². The van der Waals surface area contributed by atoms with Crippen molar-refractivity contribution in [2.75, 3.05) is 0 Å². The van der Waals surface area contributed by atoms with Crippen molar-refractivity contribution in [3.63, 3.8) is 0 Å². The Kier molecular flexibility index (Phi) is 3.41. The molecule has 0 bridgehead atoms. The number of nitrogens with zero attached hydrogens (tertiary/aromatic N) is 3. The first-order chi connectivity index (χ1) is 9.13. The van der Waals surface area contributed by atoms with Crippen LogP contribution in [0.1, 0.15) is 43.2 Å². The molecule has 4 nitrogen and oxygen atoms in total. The number of rotatable bonds is 5. The van der Waals surface area contributed by atoms with E-state index in [0.29, 0.717) is 12.0 Å². The Balaban J connectivity index is 1.87. The van der Waals surface area contributed by atoms with Gasteiger partial charge in [-0.3, -0.25) is 4.68 Å². The van der Waals surface area contributed by atoms with Crippen LogP contribution in [0.4, 0.5) is 0 Å². The van der Waals surface area contributed by atoms with E-state index in [1.807, 2.05) is 35.5 Å². The fraction of sp³-hybridized carbons (Fsp3) is 0.571. The maximum atomic E-state index is 4.86. The zero-order chi connectivity index (χ0) is 13.4. The fourth-order valence-corrected chi connectivity index (χ4v) is 3.19. The minimum Gasteiger partial charge on any atom is -0.310 e. The Morgan fingerprint density at radius 1 is 1.47 bits per heavy atom. The second kappa shape index (κ2) is 5.06. The minimum absolute atomic E-state index is 0.510.